The highest BCUT2D eigenvalue weighted by atomic mass is 16.2. The highest BCUT2D eigenvalue weighted by Gasteiger charge is 2.59. The van der Waals surface area contributed by atoms with Gasteiger partial charge in [0.2, 0.25) is 0 Å². The second kappa shape index (κ2) is 5.74. The zero-order valence-corrected chi connectivity index (χ0v) is 15.2. The third-order valence-electron chi connectivity index (χ3n) is 6.15. The summed E-state index contributed by atoms with van der Waals surface area (Å²) in [6, 6.07) is 5.90. The summed E-state index contributed by atoms with van der Waals surface area (Å²) < 4.78 is 2.11. The minimum Gasteiger partial charge on any atom is -0.318 e. The van der Waals surface area contributed by atoms with E-state index in [1.807, 2.05) is 32.0 Å². The van der Waals surface area contributed by atoms with Crippen molar-refractivity contribution in [2.24, 2.45) is 28.8 Å². The Morgan fingerprint density at radius 1 is 1.07 bits per heavy atom. The number of allylic oxidation sites excluding steroid dienone is 2. The van der Waals surface area contributed by atoms with E-state index in [0.717, 1.165) is 34.1 Å². The molecule has 2 aliphatic carbocycles. The van der Waals surface area contributed by atoms with Crippen molar-refractivity contribution in [1.82, 2.24) is 14.6 Å². The predicted octanol–water partition coefficient (Wildman–Crippen LogP) is 2.63. The van der Waals surface area contributed by atoms with Crippen LogP contribution < -0.4 is 0 Å². The minimum absolute atomic E-state index is 0.152. The Hall–Kier alpha value is -3.02. The van der Waals surface area contributed by atoms with Gasteiger partial charge in [-0.2, -0.15) is 10.1 Å². The first kappa shape index (κ1) is 16.2. The van der Waals surface area contributed by atoms with Crippen LogP contribution in [-0.2, 0) is 9.59 Å². The van der Waals surface area contributed by atoms with E-state index < -0.39 is 0 Å². The Balaban J connectivity index is 1.44. The Bertz CT molecular complexity index is 975. The lowest BCUT2D eigenvalue weighted by Gasteiger charge is -2.13. The Morgan fingerprint density at radius 2 is 1.70 bits per heavy atom. The molecular weight excluding hydrogens is 340 g/mol. The van der Waals surface area contributed by atoms with E-state index in [2.05, 4.69) is 26.8 Å². The molecule has 0 aromatic carbocycles. The van der Waals surface area contributed by atoms with Crippen LogP contribution in [0.2, 0.25) is 0 Å². The molecule has 2 aromatic rings. The summed E-state index contributed by atoms with van der Waals surface area (Å²) in [5, 5.41) is 5.40. The molecular formula is C21H20N4O2. The van der Waals surface area contributed by atoms with Crippen molar-refractivity contribution in [3.63, 3.8) is 0 Å². The van der Waals surface area contributed by atoms with Crippen molar-refractivity contribution in [2.45, 2.75) is 20.3 Å². The number of aromatic nitrogens is 2. The van der Waals surface area contributed by atoms with E-state index in [-0.39, 0.29) is 35.5 Å². The van der Waals surface area contributed by atoms with Gasteiger partial charge in [-0.25, -0.2) is 0 Å². The fourth-order valence-electron chi connectivity index (χ4n) is 4.93. The number of hydrazone groups is 1. The summed E-state index contributed by atoms with van der Waals surface area (Å²) in [6.07, 6.45) is 10.2. The molecule has 6 nitrogen and oxygen atoms in total. The van der Waals surface area contributed by atoms with E-state index in [4.69, 9.17) is 0 Å². The highest BCUT2D eigenvalue weighted by Crippen LogP contribution is 2.52. The largest absolute Gasteiger partial charge is 0.318 e. The summed E-state index contributed by atoms with van der Waals surface area (Å²) in [5.41, 5.74) is 3.97. The van der Waals surface area contributed by atoms with E-state index in [9.17, 15) is 9.59 Å². The zero-order chi connectivity index (χ0) is 18.7. The zero-order valence-electron chi connectivity index (χ0n) is 15.2. The van der Waals surface area contributed by atoms with Crippen molar-refractivity contribution in [3.05, 3.63) is 59.7 Å². The van der Waals surface area contributed by atoms with Crippen molar-refractivity contribution >= 4 is 18.0 Å². The highest BCUT2D eigenvalue weighted by molar-refractivity contribution is 6.06. The van der Waals surface area contributed by atoms with Crippen LogP contribution in [0.15, 0.2) is 47.8 Å². The molecule has 27 heavy (non-hydrogen) atoms. The number of carbonyl (C=O) groups excluding carboxylic acids is 2. The van der Waals surface area contributed by atoms with Crippen LogP contribution in [0.3, 0.4) is 0 Å². The third-order valence-corrected chi connectivity index (χ3v) is 6.15. The number of hydrogen-bond donors (Lipinski definition) is 0. The molecule has 1 saturated heterocycles. The molecule has 2 fully saturated rings. The fourth-order valence-corrected chi connectivity index (χ4v) is 4.93. The molecule has 2 aromatic heterocycles. The lowest BCUT2D eigenvalue weighted by molar-refractivity contribution is -0.140. The number of fused-ring (bicyclic) bond motifs is 5. The van der Waals surface area contributed by atoms with Gasteiger partial charge in [0, 0.05) is 35.0 Å². The Kier molecular flexibility index (Phi) is 3.44. The fraction of sp³-hybridized carbons (Fsp3) is 0.333. The monoisotopic (exact) mass is 360 g/mol. The number of aryl methyl sites for hydroxylation is 1. The summed E-state index contributed by atoms with van der Waals surface area (Å²) >= 11 is 0. The van der Waals surface area contributed by atoms with E-state index in [1.54, 1.807) is 18.6 Å². The summed E-state index contributed by atoms with van der Waals surface area (Å²) in [4.78, 5) is 29.5. The van der Waals surface area contributed by atoms with Gasteiger partial charge < -0.3 is 4.57 Å². The number of hydrogen-bond acceptors (Lipinski definition) is 4. The second-order valence-corrected chi connectivity index (χ2v) is 7.60. The normalized spacial score (nSPS) is 28.7. The molecule has 2 bridgehead atoms. The lowest BCUT2D eigenvalue weighted by atomic mass is 9.85. The number of imide groups is 1. The Labute approximate surface area is 157 Å². The van der Waals surface area contributed by atoms with Crippen molar-refractivity contribution in [1.29, 1.82) is 0 Å². The SMILES string of the molecule is Cc1cc(C=NN2C(=O)[C@@H]3[C@H](C2=O)[C@H]2C=C[C@H]3C2)c(C)n1-c1ccncc1. The average Bonchev–Trinajstić information content (AvgIpc) is 3.40. The van der Waals surface area contributed by atoms with Crippen molar-refractivity contribution in [2.75, 3.05) is 0 Å². The Morgan fingerprint density at radius 3 is 2.33 bits per heavy atom. The van der Waals surface area contributed by atoms with Gasteiger partial charge in [0.05, 0.1) is 18.1 Å². The van der Waals surface area contributed by atoms with Crippen LogP contribution in [0.25, 0.3) is 5.69 Å². The number of rotatable bonds is 3. The molecule has 1 aliphatic heterocycles. The first-order chi connectivity index (χ1) is 13.1. The van der Waals surface area contributed by atoms with E-state index in [0.29, 0.717) is 0 Å². The maximum Gasteiger partial charge on any atom is 0.254 e. The van der Waals surface area contributed by atoms with Crippen LogP contribution in [0, 0.1) is 37.5 Å². The number of amides is 2. The first-order valence-corrected chi connectivity index (χ1v) is 9.25. The molecule has 0 spiro atoms. The van der Waals surface area contributed by atoms with Crippen LogP contribution in [0.1, 0.15) is 23.4 Å². The maximum absolute atomic E-state index is 12.7. The molecule has 1 saturated carbocycles. The molecule has 0 unspecified atom stereocenters. The van der Waals surface area contributed by atoms with Crippen molar-refractivity contribution in [3.8, 4) is 5.69 Å². The molecule has 0 N–H and O–H groups in total. The van der Waals surface area contributed by atoms with Gasteiger partial charge in [-0.15, -0.1) is 0 Å². The van der Waals surface area contributed by atoms with Gasteiger partial charge in [0.15, 0.2) is 0 Å². The molecule has 4 atom stereocenters. The smallest absolute Gasteiger partial charge is 0.254 e. The van der Waals surface area contributed by atoms with Gasteiger partial charge in [-0.3, -0.25) is 14.6 Å². The van der Waals surface area contributed by atoms with Gasteiger partial charge in [-0.1, -0.05) is 12.2 Å². The van der Waals surface area contributed by atoms with Crippen LogP contribution in [-0.4, -0.2) is 32.6 Å². The summed E-state index contributed by atoms with van der Waals surface area (Å²) in [6.45, 7) is 4.02. The third kappa shape index (κ3) is 2.25. The molecule has 136 valence electrons. The number of nitrogens with zero attached hydrogens (tertiary/aromatic N) is 4. The van der Waals surface area contributed by atoms with Crippen LogP contribution in [0.4, 0.5) is 0 Å². The molecule has 2 amide bonds. The number of carbonyl (C=O) groups is 2. The van der Waals surface area contributed by atoms with Gasteiger partial charge in [0.1, 0.15) is 0 Å². The van der Waals surface area contributed by atoms with Gasteiger partial charge >= 0.3 is 0 Å². The molecule has 5 rings (SSSR count). The topological polar surface area (TPSA) is 67.6 Å². The first-order valence-electron chi connectivity index (χ1n) is 9.25. The van der Waals surface area contributed by atoms with E-state index >= 15 is 0 Å². The maximum atomic E-state index is 12.7. The van der Waals surface area contributed by atoms with Gasteiger partial charge in [0.25, 0.3) is 11.8 Å². The predicted molar refractivity (Wildman–Crippen MR) is 100 cm³/mol. The van der Waals surface area contributed by atoms with Crippen LogP contribution in [0.5, 0.6) is 0 Å². The molecule has 3 heterocycles. The lowest BCUT2D eigenvalue weighted by Crippen LogP contribution is -2.28. The van der Waals surface area contributed by atoms with Gasteiger partial charge in [-0.05, 0) is 50.3 Å². The average molecular weight is 360 g/mol. The standard InChI is InChI=1S/C21H20N4O2/c1-12-9-16(13(2)24(12)17-5-7-22-8-6-17)11-23-25-20(26)18-14-3-4-15(10-14)19(18)21(25)27/h3-9,11,14-15,18-19H,10H2,1-2H3/t14-,15-,18-,19+/m0/s1. The van der Waals surface area contributed by atoms with Crippen molar-refractivity contribution < 1.29 is 9.59 Å². The minimum atomic E-state index is -0.214. The van der Waals surface area contributed by atoms with Crippen LogP contribution >= 0.6 is 0 Å². The summed E-state index contributed by atoms with van der Waals surface area (Å²) in [7, 11) is 0. The van der Waals surface area contributed by atoms with E-state index in [1.165, 1.54) is 0 Å². The molecule has 6 heteroatoms. The second-order valence-electron chi connectivity index (χ2n) is 7.60. The number of pyridine rings is 1. The molecule has 3 aliphatic rings. The molecule has 0 radical (unpaired) electrons. The summed E-state index contributed by atoms with van der Waals surface area (Å²) in [5.74, 6) is -0.327. The quantitative estimate of drug-likeness (QED) is 0.480.